The van der Waals surface area contributed by atoms with Crippen LogP contribution in [0.4, 0.5) is 4.39 Å². The third kappa shape index (κ3) is 3.30. The number of carbonyl (C=O) groups excluding carboxylic acids is 1. The third-order valence-corrected chi connectivity index (χ3v) is 3.56. The average Bonchev–Trinajstić information content (AvgIpc) is 2.54. The van der Waals surface area contributed by atoms with E-state index in [0.29, 0.717) is 5.56 Å². The van der Waals surface area contributed by atoms with Crippen molar-refractivity contribution in [2.45, 2.75) is 12.8 Å². The number of carbonyl (C=O) groups is 1. The monoisotopic (exact) mass is 336 g/mol. The summed E-state index contributed by atoms with van der Waals surface area (Å²) in [5.74, 6) is -2.04. The minimum Gasteiger partial charge on any atom is -0.462 e. The molecule has 1 aliphatic heterocycles. The molecule has 0 saturated heterocycles. The van der Waals surface area contributed by atoms with E-state index in [1.807, 2.05) is 6.07 Å². The predicted octanol–water partition coefficient (Wildman–Crippen LogP) is 2.69. The van der Waals surface area contributed by atoms with Crippen molar-refractivity contribution in [2.24, 2.45) is 5.73 Å². The number of alkyl halides is 1. The van der Waals surface area contributed by atoms with Crippen LogP contribution in [0.15, 0.2) is 47.1 Å². The molecule has 1 atom stereocenters. The first-order chi connectivity index (χ1) is 11.0. The molecule has 1 aromatic carbocycles. The smallest absolute Gasteiger partial charge is 0.340 e. The second-order valence-corrected chi connectivity index (χ2v) is 4.93. The first kappa shape index (κ1) is 16.8. The molecule has 0 aliphatic carbocycles. The summed E-state index contributed by atoms with van der Waals surface area (Å²) >= 11 is 5.80. The number of nitrogens with zero attached hydrogens (tertiary/aromatic N) is 1. The lowest BCUT2D eigenvalue weighted by atomic mass is 9.83. The fraction of sp³-hybridized carbons (Fsp3) is 0.250. The van der Waals surface area contributed by atoms with E-state index in [0.717, 1.165) is 0 Å². The molecule has 23 heavy (non-hydrogen) atoms. The first-order valence-corrected chi connectivity index (χ1v) is 7.36. The van der Waals surface area contributed by atoms with E-state index in [1.165, 1.54) is 24.3 Å². The number of hydrogen-bond acceptors (Lipinski definition) is 5. The molecule has 2 rings (SSSR count). The Balaban J connectivity index is 2.61. The fourth-order valence-electron chi connectivity index (χ4n) is 2.33. The quantitative estimate of drug-likeness (QED) is 0.675. The number of esters is 1. The molecule has 0 bridgehead atoms. The van der Waals surface area contributed by atoms with Crippen molar-refractivity contribution < 1.29 is 18.7 Å². The van der Waals surface area contributed by atoms with Gasteiger partial charge in [0, 0.05) is 0 Å². The van der Waals surface area contributed by atoms with Crippen LogP contribution >= 0.6 is 11.6 Å². The van der Waals surface area contributed by atoms with Gasteiger partial charge in [-0.25, -0.2) is 9.18 Å². The maximum atomic E-state index is 13.2. The van der Waals surface area contributed by atoms with Gasteiger partial charge in [-0.2, -0.15) is 5.26 Å². The van der Waals surface area contributed by atoms with Gasteiger partial charge in [-0.1, -0.05) is 12.1 Å². The molecular weight excluding hydrogens is 323 g/mol. The Labute approximate surface area is 137 Å². The van der Waals surface area contributed by atoms with Crippen LogP contribution < -0.4 is 5.73 Å². The summed E-state index contributed by atoms with van der Waals surface area (Å²) < 4.78 is 23.5. The van der Waals surface area contributed by atoms with Gasteiger partial charge >= 0.3 is 5.97 Å². The molecule has 1 heterocycles. The molecule has 5 nitrogen and oxygen atoms in total. The van der Waals surface area contributed by atoms with Crippen molar-refractivity contribution in [3.63, 3.8) is 0 Å². The highest BCUT2D eigenvalue weighted by atomic mass is 35.5. The van der Waals surface area contributed by atoms with E-state index in [2.05, 4.69) is 0 Å². The number of rotatable bonds is 4. The van der Waals surface area contributed by atoms with Gasteiger partial charge in [0.1, 0.15) is 17.1 Å². The number of allylic oxidation sites excluding steroid dienone is 2. The number of nitrogens with two attached hydrogens (primary N) is 1. The standard InChI is InChI=1S/C16H14ClFN2O3/c1-2-22-16(21)14-13(9-3-5-10(18)6-4-9)11(8-19)12(7-17)23-15(14)20/h3-6,13H,2,7,20H2,1H3/t13-/m1/s1. The zero-order valence-corrected chi connectivity index (χ0v) is 13.1. The molecule has 1 aliphatic rings. The highest BCUT2D eigenvalue weighted by Crippen LogP contribution is 2.39. The summed E-state index contributed by atoms with van der Waals surface area (Å²) in [5, 5.41) is 9.46. The molecule has 0 fully saturated rings. The van der Waals surface area contributed by atoms with Crippen molar-refractivity contribution in [3.8, 4) is 6.07 Å². The van der Waals surface area contributed by atoms with Crippen molar-refractivity contribution in [2.75, 3.05) is 12.5 Å². The molecule has 0 unspecified atom stereocenters. The Bertz CT molecular complexity index is 720. The van der Waals surface area contributed by atoms with Gasteiger partial charge in [-0.3, -0.25) is 0 Å². The van der Waals surface area contributed by atoms with E-state index >= 15 is 0 Å². The molecule has 0 amide bonds. The minimum atomic E-state index is -0.817. The van der Waals surface area contributed by atoms with E-state index in [1.54, 1.807) is 6.92 Å². The van der Waals surface area contributed by atoms with Gasteiger partial charge in [-0.05, 0) is 24.6 Å². The molecule has 120 valence electrons. The van der Waals surface area contributed by atoms with Gasteiger partial charge in [0.2, 0.25) is 5.88 Å². The molecule has 1 aromatic rings. The van der Waals surface area contributed by atoms with Crippen LogP contribution in [0.1, 0.15) is 18.4 Å². The Hall–Kier alpha value is -2.52. The van der Waals surface area contributed by atoms with Gasteiger partial charge in [0.05, 0.1) is 30.0 Å². The number of benzene rings is 1. The van der Waals surface area contributed by atoms with E-state index in [9.17, 15) is 14.4 Å². The summed E-state index contributed by atoms with van der Waals surface area (Å²) in [4.78, 5) is 12.2. The Morgan fingerprint density at radius 1 is 1.48 bits per heavy atom. The Kier molecular flexibility index (Phi) is 5.24. The van der Waals surface area contributed by atoms with Crippen LogP contribution in [0, 0.1) is 17.1 Å². The number of nitriles is 1. The second-order valence-electron chi connectivity index (χ2n) is 4.67. The summed E-state index contributed by atoms with van der Waals surface area (Å²) in [6.45, 7) is 1.79. The maximum Gasteiger partial charge on any atom is 0.340 e. The van der Waals surface area contributed by atoms with Crippen LogP contribution in [0.2, 0.25) is 0 Å². The van der Waals surface area contributed by atoms with Crippen LogP contribution in [-0.4, -0.2) is 18.5 Å². The van der Waals surface area contributed by atoms with Crippen LogP contribution in [0.5, 0.6) is 0 Å². The van der Waals surface area contributed by atoms with E-state index in [-0.39, 0.29) is 35.3 Å². The Morgan fingerprint density at radius 2 is 2.13 bits per heavy atom. The minimum absolute atomic E-state index is 0.00359. The summed E-state index contributed by atoms with van der Waals surface area (Å²) in [5.41, 5.74) is 6.49. The zero-order chi connectivity index (χ0) is 17.0. The SMILES string of the molecule is CCOC(=O)C1=C(N)OC(CCl)=C(C#N)[C@H]1c1ccc(F)cc1. The van der Waals surface area contributed by atoms with Crippen molar-refractivity contribution in [1.29, 1.82) is 5.26 Å². The van der Waals surface area contributed by atoms with Gasteiger partial charge < -0.3 is 15.2 Å². The van der Waals surface area contributed by atoms with Crippen molar-refractivity contribution in [3.05, 3.63) is 58.4 Å². The Morgan fingerprint density at radius 3 is 2.65 bits per heavy atom. The van der Waals surface area contributed by atoms with Gasteiger partial charge in [-0.15, -0.1) is 11.6 Å². The number of hydrogen-bond donors (Lipinski definition) is 1. The summed E-state index contributed by atoms with van der Waals surface area (Å²) in [6, 6.07) is 7.41. The van der Waals surface area contributed by atoms with Crippen LogP contribution in [0.25, 0.3) is 0 Å². The molecule has 0 spiro atoms. The highest BCUT2D eigenvalue weighted by molar-refractivity contribution is 6.19. The lowest BCUT2D eigenvalue weighted by Gasteiger charge is -2.27. The molecule has 0 aromatic heterocycles. The van der Waals surface area contributed by atoms with E-state index < -0.39 is 17.7 Å². The average molecular weight is 337 g/mol. The highest BCUT2D eigenvalue weighted by Gasteiger charge is 2.37. The van der Waals surface area contributed by atoms with Gasteiger partial charge in [0.15, 0.2) is 0 Å². The lowest BCUT2D eigenvalue weighted by Crippen LogP contribution is -2.27. The topological polar surface area (TPSA) is 85.3 Å². The molecule has 0 radical (unpaired) electrons. The van der Waals surface area contributed by atoms with Crippen LogP contribution in [0.3, 0.4) is 0 Å². The normalized spacial score (nSPS) is 17.6. The molecule has 7 heteroatoms. The summed E-state index contributed by atoms with van der Waals surface area (Å²) in [6.07, 6.45) is 0. The van der Waals surface area contributed by atoms with Crippen LogP contribution in [-0.2, 0) is 14.3 Å². The lowest BCUT2D eigenvalue weighted by molar-refractivity contribution is -0.139. The maximum absolute atomic E-state index is 13.2. The number of halogens is 2. The number of ether oxygens (including phenoxy) is 2. The first-order valence-electron chi connectivity index (χ1n) is 6.82. The zero-order valence-electron chi connectivity index (χ0n) is 12.3. The predicted molar refractivity (Wildman–Crippen MR) is 81.4 cm³/mol. The van der Waals surface area contributed by atoms with E-state index in [4.69, 9.17) is 26.8 Å². The fourth-order valence-corrected chi connectivity index (χ4v) is 2.53. The molecular formula is C16H14ClFN2O3. The van der Waals surface area contributed by atoms with Gasteiger partial charge in [0.25, 0.3) is 0 Å². The third-order valence-electron chi connectivity index (χ3n) is 3.32. The molecule has 0 saturated carbocycles. The molecule has 2 N–H and O–H groups in total. The largest absolute Gasteiger partial charge is 0.462 e. The second kappa shape index (κ2) is 7.16. The van der Waals surface area contributed by atoms with Crippen molar-refractivity contribution >= 4 is 17.6 Å². The summed E-state index contributed by atoms with van der Waals surface area (Å²) in [7, 11) is 0. The van der Waals surface area contributed by atoms with Crippen molar-refractivity contribution in [1.82, 2.24) is 0 Å².